The molecule has 0 radical (unpaired) electrons. The number of thiophene rings is 2. The zero-order valence-electron chi connectivity index (χ0n) is 14.9. The SMILES string of the molecule is C[P@@]1Cc2c(sc3ccccc23)[C@@H]1[C@H]1c2sc3ccccc3c2C[P@]1C. The number of fused-ring (bicyclic) bond motifs is 6. The highest BCUT2D eigenvalue weighted by Crippen LogP contribution is 2.76. The Balaban J connectivity index is 1.54. The van der Waals surface area contributed by atoms with Gasteiger partial charge in [-0.05, 0) is 59.7 Å². The summed E-state index contributed by atoms with van der Waals surface area (Å²) in [5.41, 5.74) is 4.98. The standard InChI is InChI=1S/C22H20P2S2/c1-23-11-15-13-7-3-5-9-17(13)25-21(15)19(23)20-22-16(12-24(20)2)14-8-4-6-10-18(14)26-22/h3-10,19-20H,11-12H2,1-2H3/t19-,20-,23-,24-/m0/s1. The zero-order chi connectivity index (χ0) is 17.4. The molecule has 0 amide bonds. The van der Waals surface area contributed by atoms with Gasteiger partial charge in [0.15, 0.2) is 0 Å². The minimum atomic E-state index is 0.0504. The summed E-state index contributed by atoms with van der Waals surface area (Å²) in [5, 5.41) is 3.08. The van der Waals surface area contributed by atoms with Gasteiger partial charge in [-0.15, -0.1) is 22.7 Å². The maximum absolute atomic E-state index is 2.57. The van der Waals surface area contributed by atoms with Crippen LogP contribution in [0.3, 0.4) is 0 Å². The van der Waals surface area contributed by atoms with E-state index in [0.717, 1.165) is 11.3 Å². The van der Waals surface area contributed by atoms with E-state index in [0.29, 0.717) is 0 Å². The third-order valence-corrected chi connectivity index (χ3v) is 13.9. The molecule has 0 N–H and O–H groups in total. The fraction of sp³-hybridized carbons (Fsp3) is 0.273. The predicted molar refractivity (Wildman–Crippen MR) is 122 cm³/mol. The Hall–Kier alpha value is -0.780. The zero-order valence-corrected chi connectivity index (χ0v) is 18.3. The molecule has 0 bridgehead atoms. The molecule has 0 nitrogen and oxygen atoms in total. The van der Waals surface area contributed by atoms with Gasteiger partial charge >= 0.3 is 0 Å². The van der Waals surface area contributed by atoms with Gasteiger partial charge in [0.1, 0.15) is 0 Å². The van der Waals surface area contributed by atoms with Crippen molar-refractivity contribution in [1.82, 2.24) is 0 Å². The molecule has 0 unspecified atom stereocenters. The second kappa shape index (κ2) is 5.86. The van der Waals surface area contributed by atoms with E-state index in [-0.39, 0.29) is 15.8 Å². The lowest BCUT2D eigenvalue weighted by molar-refractivity contribution is 0.938. The molecule has 0 fully saturated rings. The van der Waals surface area contributed by atoms with Crippen LogP contribution < -0.4 is 0 Å². The Bertz CT molecular complexity index is 1060. The fourth-order valence-corrected chi connectivity index (χ4v) is 15.0. The van der Waals surface area contributed by atoms with Gasteiger partial charge in [-0.25, -0.2) is 0 Å². The van der Waals surface area contributed by atoms with E-state index in [1.54, 1.807) is 31.7 Å². The second-order valence-electron chi connectivity index (χ2n) is 7.60. The summed E-state index contributed by atoms with van der Waals surface area (Å²) in [6.07, 6.45) is 2.67. The number of benzene rings is 2. The quantitative estimate of drug-likeness (QED) is 0.278. The Kier molecular flexibility index (Phi) is 3.65. The molecule has 2 aliphatic rings. The van der Waals surface area contributed by atoms with Crippen LogP contribution in [0.2, 0.25) is 0 Å². The molecular weight excluding hydrogens is 390 g/mol. The van der Waals surface area contributed by atoms with Crippen molar-refractivity contribution in [2.24, 2.45) is 0 Å². The molecule has 130 valence electrons. The number of hydrogen-bond acceptors (Lipinski definition) is 2. The lowest BCUT2D eigenvalue weighted by atomic mass is 10.1. The van der Waals surface area contributed by atoms with E-state index in [9.17, 15) is 0 Å². The van der Waals surface area contributed by atoms with Crippen molar-refractivity contribution in [3.05, 3.63) is 69.4 Å². The van der Waals surface area contributed by atoms with E-state index < -0.39 is 0 Å². The Morgan fingerprint density at radius 1 is 0.692 bits per heavy atom. The highest BCUT2D eigenvalue weighted by molar-refractivity contribution is 7.62. The molecule has 2 aliphatic heterocycles. The normalized spacial score (nSPS) is 27.3. The molecule has 4 heterocycles. The van der Waals surface area contributed by atoms with Crippen molar-refractivity contribution in [3.8, 4) is 0 Å². The smallest absolute Gasteiger partial charge is 0.0348 e. The van der Waals surface area contributed by atoms with Crippen LogP contribution in [0.4, 0.5) is 0 Å². The van der Waals surface area contributed by atoms with Crippen molar-refractivity contribution in [1.29, 1.82) is 0 Å². The van der Waals surface area contributed by atoms with Gasteiger partial charge in [-0.1, -0.05) is 52.2 Å². The summed E-state index contributed by atoms with van der Waals surface area (Å²) in [4.78, 5) is 3.48. The molecule has 26 heavy (non-hydrogen) atoms. The monoisotopic (exact) mass is 410 g/mol. The molecule has 0 spiro atoms. The van der Waals surface area contributed by atoms with Gasteiger partial charge in [0.25, 0.3) is 0 Å². The van der Waals surface area contributed by atoms with Crippen LogP contribution in [0.25, 0.3) is 20.2 Å². The maximum Gasteiger partial charge on any atom is 0.0348 e. The average molecular weight is 410 g/mol. The van der Waals surface area contributed by atoms with Crippen molar-refractivity contribution >= 4 is 58.7 Å². The highest BCUT2D eigenvalue weighted by Gasteiger charge is 2.45. The van der Waals surface area contributed by atoms with E-state index in [4.69, 9.17) is 0 Å². The highest BCUT2D eigenvalue weighted by atomic mass is 32.1. The van der Waals surface area contributed by atoms with E-state index >= 15 is 0 Å². The minimum Gasteiger partial charge on any atom is -0.139 e. The van der Waals surface area contributed by atoms with Gasteiger partial charge in [-0.2, -0.15) is 0 Å². The van der Waals surface area contributed by atoms with Crippen molar-refractivity contribution in [2.75, 3.05) is 13.3 Å². The Morgan fingerprint density at radius 3 is 1.58 bits per heavy atom. The van der Waals surface area contributed by atoms with Gasteiger partial charge < -0.3 is 0 Å². The van der Waals surface area contributed by atoms with Gasteiger partial charge in [0.2, 0.25) is 0 Å². The summed E-state index contributed by atoms with van der Waals surface area (Å²) in [6.45, 7) is 5.13. The summed E-state index contributed by atoms with van der Waals surface area (Å²) in [5.74, 6) is 0. The third kappa shape index (κ3) is 2.14. The molecular formula is C22H20P2S2. The number of rotatable bonds is 1. The second-order valence-corrected chi connectivity index (χ2v) is 14.5. The summed E-state index contributed by atoms with van der Waals surface area (Å²) in [6, 6.07) is 18.2. The molecule has 0 aliphatic carbocycles. The van der Waals surface area contributed by atoms with Gasteiger partial charge in [0, 0.05) is 30.5 Å². The Labute approximate surface area is 164 Å². The summed E-state index contributed by atoms with van der Waals surface area (Å²) in [7, 11) is 0.101. The van der Waals surface area contributed by atoms with Gasteiger partial charge in [0.05, 0.1) is 0 Å². The van der Waals surface area contributed by atoms with E-state index in [2.05, 4.69) is 84.5 Å². The lowest BCUT2D eigenvalue weighted by Crippen LogP contribution is -2.00. The first kappa shape index (κ1) is 16.2. The Morgan fingerprint density at radius 2 is 1.12 bits per heavy atom. The first-order valence-electron chi connectivity index (χ1n) is 9.13. The largest absolute Gasteiger partial charge is 0.139 e. The maximum atomic E-state index is 2.57. The van der Waals surface area contributed by atoms with Crippen LogP contribution in [0.5, 0.6) is 0 Å². The first-order valence-corrected chi connectivity index (χ1v) is 14.9. The lowest BCUT2D eigenvalue weighted by Gasteiger charge is -2.27. The predicted octanol–water partition coefficient (Wildman–Crippen LogP) is 8.15. The molecule has 0 saturated carbocycles. The number of hydrogen-bond donors (Lipinski definition) is 0. The first-order chi connectivity index (χ1) is 12.7. The summed E-state index contributed by atoms with van der Waals surface area (Å²) >= 11 is 4.20. The van der Waals surface area contributed by atoms with Crippen LogP contribution in [-0.2, 0) is 12.3 Å². The molecule has 0 saturated heterocycles. The molecule has 4 heteroatoms. The molecule has 2 aromatic carbocycles. The van der Waals surface area contributed by atoms with Crippen molar-refractivity contribution in [3.63, 3.8) is 0 Å². The van der Waals surface area contributed by atoms with Crippen LogP contribution >= 0.6 is 38.5 Å². The van der Waals surface area contributed by atoms with Crippen LogP contribution in [-0.4, -0.2) is 13.3 Å². The third-order valence-electron chi connectivity index (χ3n) is 6.06. The van der Waals surface area contributed by atoms with Gasteiger partial charge in [-0.3, -0.25) is 0 Å². The van der Waals surface area contributed by atoms with Crippen molar-refractivity contribution < 1.29 is 0 Å². The molecule has 4 aromatic rings. The molecule has 4 atom stereocenters. The molecule has 2 aromatic heterocycles. The van der Waals surface area contributed by atoms with Crippen LogP contribution in [0.1, 0.15) is 32.2 Å². The molecule has 6 rings (SSSR count). The minimum absolute atomic E-state index is 0.0504. The topological polar surface area (TPSA) is 0 Å². The summed E-state index contributed by atoms with van der Waals surface area (Å²) < 4.78 is 3.00. The van der Waals surface area contributed by atoms with E-state index in [1.807, 2.05) is 0 Å². The van der Waals surface area contributed by atoms with Crippen LogP contribution in [0, 0.1) is 0 Å². The van der Waals surface area contributed by atoms with Crippen LogP contribution in [0.15, 0.2) is 48.5 Å². The average Bonchev–Trinajstić information content (AvgIpc) is 3.34. The fourth-order valence-electron chi connectivity index (χ4n) is 4.90. The van der Waals surface area contributed by atoms with Crippen molar-refractivity contribution in [2.45, 2.75) is 23.6 Å². The van der Waals surface area contributed by atoms with E-state index in [1.165, 1.54) is 21.7 Å².